The smallest absolute Gasteiger partial charge is 0.872 e. The molecule has 0 saturated carbocycles. The molecule has 0 saturated heterocycles. The molecule has 0 aliphatic rings. The molecular formula is C26H21MnN2O6. The molecule has 0 unspecified atom stereocenters. The normalized spacial score (nSPS) is 9.80. The molecule has 4 rings (SSSR count). The summed E-state index contributed by atoms with van der Waals surface area (Å²) < 4.78 is 10.4. The fraction of sp³-hybridized carbons (Fsp3) is 0.115. The van der Waals surface area contributed by atoms with E-state index in [9.17, 15) is 10.2 Å². The number of carboxylic acids is 1. The molecular weight excluding hydrogens is 491 g/mol. The van der Waals surface area contributed by atoms with Crippen molar-refractivity contribution in [1.82, 2.24) is 9.97 Å². The zero-order valence-electron chi connectivity index (χ0n) is 19.2. The minimum Gasteiger partial charge on any atom is -0.872 e. The molecule has 2 aromatic carbocycles. The van der Waals surface area contributed by atoms with Gasteiger partial charge >= 0.3 is 17.1 Å². The van der Waals surface area contributed by atoms with E-state index in [0.717, 1.165) is 6.92 Å². The van der Waals surface area contributed by atoms with Gasteiger partial charge in [-0.25, -0.2) is 9.97 Å². The van der Waals surface area contributed by atoms with Crippen LogP contribution in [0.25, 0.3) is 33.9 Å². The summed E-state index contributed by atoms with van der Waals surface area (Å²) in [7, 11) is 3.09. The Labute approximate surface area is 213 Å². The number of rotatable bonds is 5. The van der Waals surface area contributed by atoms with Gasteiger partial charge in [0, 0.05) is 5.97 Å². The predicted molar refractivity (Wildman–Crippen MR) is 121 cm³/mol. The number of hydrogen-bond acceptors (Lipinski definition) is 8. The molecule has 4 aromatic rings. The van der Waals surface area contributed by atoms with E-state index in [1.54, 1.807) is 50.6 Å². The van der Waals surface area contributed by atoms with Gasteiger partial charge in [-0.05, 0) is 66.6 Å². The minimum absolute atomic E-state index is 0. The minimum atomic E-state index is -1.08. The van der Waals surface area contributed by atoms with Gasteiger partial charge in [-0.1, -0.05) is 35.8 Å². The van der Waals surface area contributed by atoms with E-state index in [4.69, 9.17) is 19.4 Å². The standard InChI is InChI=1S/C24H20N2O4.C2H4O2.Mn/c1-29-15-9-11-23(27)17(13-15)19-5-3-7-21(25-19)22-8-4-6-20(26-22)18-14-16(30-2)10-12-24(18)28;1-2(3)4;/h3-14,27-28H,1-2H3;1H3,(H,3,4);/q;;+3/p-3. The largest absolute Gasteiger partial charge is 3.00 e. The van der Waals surface area contributed by atoms with Gasteiger partial charge in [-0.2, -0.15) is 0 Å². The number of aromatic nitrogens is 2. The third-order valence-corrected chi connectivity index (χ3v) is 4.69. The average Bonchev–Trinajstić information content (AvgIpc) is 2.84. The molecule has 8 nitrogen and oxygen atoms in total. The van der Waals surface area contributed by atoms with Crippen LogP contribution in [0, 0.1) is 0 Å². The Morgan fingerprint density at radius 1 is 0.686 bits per heavy atom. The molecule has 0 fully saturated rings. The first-order valence-corrected chi connectivity index (χ1v) is 10.1. The predicted octanol–water partition coefficient (Wildman–Crippen LogP) is 2.40. The number of pyridine rings is 2. The number of carbonyl (C=O) groups is 1. The fourth-order valence-corrected chi connectivity index (χ4v) is 3.13. The second kappa shape index (κ2) is 12.4. The first-order chi connectivity index (χ1) is 16.3. The van der Waals surface area contributed by atoms with Gasteiger partial charge < -0.3 is 29.6 Å². The summed E-state index contributed by atoms with van der Waals surface area (Å²) in [6, 6.07) is 20.3. The molecule has 2 heterocycles. The van der Waals surface area contributed by atoms with Crippen molar-refractivity contribution in [1.29, 1.82) is 0 Å². The Balaban J connectivity index is 0.000000804. The Morgan fingerprint density at radius 3 is 1.37 bits per heavy atom. The molecule has 0 amide bonds. The van der Waals surface area contributed by atoms with Gasteiger partial charge in [0.1, 0.15) is 11.5 Å². The van der Waals surface area contributed by atoms with Crippen molar-refractivity contribution in [2.45, 2.75) is 6.92 Å². The number of methoxy groups -OCH3 is 2. The summed E-state index contributed by atoms with van der Waals surface area (Å²) in [6.07, 6.45) is 0. The van der Waals surface area contributed by atoms with E-state index in [-0.39, 0.29) is 28.6 Å². The quantitative estimate of drug-likeness (QED) is 0.373. The maximum atomic E-state index is 12.3. The van der Waals surface area contributed by atoms with Crippen LogP contribution in [-0.4, -0.2) is 30.2 Å². The van der Waals surface area contributed by atoms with Crippen molar-refractivity contribution in [3.63, 3.8) is 0 Å². The van der Waals surface area contributed by atoms with Crippen LogP contribution in [0.5, 0.6) is 23.0 Å². The summed E-state index contributed by atoms with van der Waals surface area (Å²) in [5, 5.41) is 33.5. The van der Waals surface area contributed by atoms with E-state index in [1.165, 1.54) is 12.1 Å². The summed E-state index contributed by atoms with van der Waals surface area (Å²) >= 11 is 0. The van der Waals surface area contributed by atoms with Gasteiger partial charge in [0.25, 0.3) is 0 Å². The van der Waals surface area contributed by atoms with Crippen molar-refractivity contribution < 1.29 is 46.7 Å². The van der Waals surface area contributed by atoms with Crippen LogP contribution in [0.3, 0.4) is 0 Å². The molecule has 0 radical (unpaired) electrons. The third kappa shape index (κ3) is 6.96. The van der Waals surface area contributed by atoms with Crippen molar-refractivity contribution in [3.8, 4) is 56.9 Å². The van der Waals surface area contributed by atoms with Crippen molar-refractivity contribution in [3.05, 3.63) is 72.8 Å². The van der Waals surface area contributed by atoms with Crippen LogP contribution < -0.4 is 24.8 Å². The molecule has 0 atom stereocenters. The van der Waals surface area contributed by atoms with E-state index in [2.05, 4.69) is 9.97 Å². The third-order valence-electron chi connectivity index (χ3n) is 4.69. The van der Waals surface area contributed by atoms with Crippen LogP contribution >= 0.6 is 0 Å². The number of aliphatic carboxylic acids is 1. The molecule has 178 valence electrons. The Kier molecular flexibility index (Phi) is 9.63. The average molecular weight is 512 g/mol. The zero-order valence-corrected chi connectivity index (χ0v) is 20.3. The van der Waals surface area contributed by atoms with Gasteiger partial charge in [0.15, 0.2) is 0 Å². The second-order valence-corrected chi connectivity index (χ2v) is 7.03. The molecule has 0 aliphatic carbocycles. The maximum Gasteiger partial charge on any atom is 3.00 e. The van der Waals surface area contributed by atoms with Crippen molar-refractivity contribution in [2.24, 2.45) is 0 Å². The topological polar surface area (TPSA) is 130 Å². The van der Waals surface area contributed by atoms with Crippen LogP contribution in [0.4, 0.5) is 0 Å². The van der Waals surface area contributed by atoms with Gasteiger partial charge in [0.2, 0.25) is 0 Å². The number of carboxylic acid groups (broad SMARTS) is 1. The molecule has 0 spiro atoms. The van der Waals surface area contributed by atoms with Crippen molar-refractivity contribution in [2.75, 3.05) is 14.2 Å². The number of hydrogen-bond donors (Lipinski definition) is 0. The Bertz CT molecular complexity index is 1210. The SMILES string of the molecule is CC(=O)[O-].COc1ccc([O-])c(-c2cccc(-c3cccc(-c4cc(OC)ccc4[O-])n3)n2)c1.[Mn+3]. The monoisotopic (exact) mass is 512 g/mol. The van der Waals surface area contributed by atoms with Crippen LogP contribution in [0.15, 0.2) is 72.8 Å². The first kappa shape index (κ1) is 27.2. The molecule has 9 heteroatoms. The Morgan fingerprint density at radius 2 is 1.03 bits per heavy atom. The van der Waals surface area contributed by atoms with E-state index >= 15 is 0 Å². The molecule has 0 aliphatic heterocycles. The van der Waals surface area contributed by atoms with Crippen LogP contribution in [-0.2, 0) is 21.9 Å². The van der Waals surface area contributed by atoms with Gasteiger partial charge in [-0.3, -0.25) is 0 Å². The number of benzene rings is 2. The first-order valence-electron chi connectivity index (χ1n) is 10.1. The van der Waals surface area contributed by atoms with E-state index in [1.807, 2.05) is 24.3 Å². The summed E-state index contributed by atoms with van der Waals surface area (Å²) in [5.74, 6) is -0.208. The van der Waals surface area contributed by atoms with Crippen LogP contribution in [0.2, 0.25) is 0 Å². The fourth-order valence-electron chi connectivity index (χ4n) is 3.13. The van der Waals surface area contributed by atoms with E-state index in [0.29, 0.717) is 45.4 Å². The van der Waals surface area contributed by atoms with Crippen molar-refractivity contribution >= 4 is 5.97 Å². The molecule has 35 heavy (non-hydrogen) atoms. The number of carbonyl (C=O) groups excluding carboxylic acids is 1. The van der Waals surface area contributed by atoms with E-state index < -0.39 is 5.97 Å². The number of nitrogens with zero attached hydrogens (tertiary/aromatic N) is 2. The van der Waals surface area contributed by atoms with Gasteiger partial charge in [-0.15, -0.1) is 0 Å². The summed E-state index contributed by atoms with van der Waals surface area (Å²) in [5.41, 5.74) is 3.12. The molecule has 0 N–H and O–H groups in total. The summed E-state index contributed by atoms with van der Waals surface area (Å²) in [4.78, 5) is 18.1. The zero-order chi connectivity index (χ0) is 24.7. The molecule has 2 aromatic heterocycles. The Hall–Kier alpha value is -4.07. The van der Waals surface area contributed by atoms with Gasteiger partial charge in [0.05, 0.1) is 37.0 Å². The molecule has 0 bridgehead atoms. The second-order valence-electron chi connectivity index (χ2n) is 7.03. The number of ether oxygens (including phenoxy) is 2. The summed E-state index contributed by atoms with van der Waals surface area (Å²) in [6.45, 7) is 0.972. The van der Waals surface area contributed by atoms with Crippen LogP contribution in [0.1, 0.15) is 6.92 Å². The maximum absolute atomic E-state index is 12.3.